The molecule has 0 aliphatic rings. The highest BCUT2D eigenvalue weighted by Gasteiger charge is 1.92. The van der Waals surface area contributed by atoms with Gasteiger partial charge in [0.25, 0.3) is 0 Å². The zero-order valence-corrected chi connectivity index (χ0v) is 12.4. The van der Waals surface area contributed by atoms with Gasteiger partial charge in [-0.1, -0.05) is 44.4 Å². The number of rotatable bonds is 5. The van der Waals surface area contributed by atoms with E-state index < -0.39 is 0 Å². The maximum Gasteiger partial charge on any atom is 0.115 e. The van der Waals surface area contributed by atoms with Crippen molar-refractivity contribution in [2.24, 2.45) is 5.92 Å². The smallest absolute Gasteiger partial charge is 0.115 e. The van der Waals surface area contributed by atoms with Crippen LogP contribution in [-0.2, 0) is 0 Å². The largest absolute Gasteiger partial charge is 0.508 e. The molecular formula is C15H26OS. The Labute approximate surface area is 111 Å². The van der Waals surface area contributed by atoms with Crippen molar-refractivity contribution in [2.45, 2.75) is 40.0 Å². The number of aromatic hydroxyl groups is 1. The molecule has 0 saturated heterocycles. The third-order valence-corrected chi connectivity index (χ3v) is 3.11. The van der Waals surface area contributed by atoms with E-state index >= 15 is 0 Å². The minimum atomic E-state index is 0.329. The van der Waals surface area contributed by atoms with Gasteiger partial charge in [0.05, 0.1) is 0 Å². The van der Waals surface area contributed by atoms with E-state index in [-0.39, 0.29) is 0 Å². The first-order chi connectivity index (χ1) is 8.06. The number of aryl methyl sites for hydroxylation is 1. The predicted molar refractivity (Wildman–Crippen MR) is 79.9 cm³/mol. The van der Waals surface area contributed by atoms with Crippen LogP contribution < -0.4 is 0 Å². The van der Waals surface area contributed by atoms with Crippen LogP contribution in [0.1, 0.15) is 38.7 Å². The van der Waals surface area contributed by atoms with Gasteiger partial charge >= 0.3 is 0 Å². The van der Waals surface area contributed by atoms with E-state index in [1.165, 1.54) is 30.6 Å². The molecule has 0 aromatic heterocycles. The molecule has 1 aromatic rings. The van der Waals surface area contributed by atoms with Crippen LogP contribution in [0.4, 0.5) is 0 Å². The van der Waals surface area contributed by atoms with E-state index in [1.54, 1.807) is 12.1 Å². The van der Waals surface area contributed by atoms with Crippen LogP contribution in [0.2, 0.25) is 0 Å². The van der Waals surface area contributed by atoms with Crippen molar-refractivity contribution in [3.05, 3.63) is 29.8 Å². The molecule has 0 atom stereocenters. The standard InChI is InChI=1S/C8H18S.C7H8O/c1-8(2)6-4-5-7-9-3;1-6-2-4-7(8)5-3-6/h8H,4-7H2,1-3H3;2-5,8H,1H3. The Morgan fingerprint density at radius 1 is 1.12 bits per heavy atom. The fourth-order valence-electron chi connectivity index (χ4n) is 1.34. The summed E-state index contributed by atoms with van der Waals surface area (Å²) in [6.45, 7) is 6.57. The summed E-state index contributed by atoms with van der Waals surface area (Å²) >= 11 is 1.95. The van der Waals surface area contributed by atoms with Crippen LogP contribution in [-0.4, -0.2) is 17.1 Å². The molecule has 1 rings (SSSR count). The summed E-state index contributed by atoms with van der Waals surface area (Å²) in [6, 6.07) is 7.09. The number of unbranched alkanes of at least 4 members (excludes halogenated alkanes) is 1. The molecule has 2 heteroatoms. The molecule has 0 fully saturated rings. The second-order valence-corrected chi connectivity index (χ2v) is 5.70. The van der Waals surface area contributed by atoms with Gasteiger partial charge in [0, 0.05) is 0 Å². The Morgan fingerprint density at radius 3 is 2.12 bits per heavy atom. The number of thioether (sulfide) groups is 1. The molecule has 0 saturated carbocycles. The van der Waals surface area contributed by atoms with Gasteiger partial charge in [-0.15, -0.1) is 0 Å². The minimum absolute atomic E-state index is 0.329. The fourth-order valence-corrected chi connectivity index (χ4v) is 1.84. The summed E-state index contributed by atoms with van der Waals surface area (Å²) in [7, 11) is 0. The van der Waals surface area contributed by atoms with Gasteiger partial charge in [-0.05, 0) is 43.4 Å². The van der Waals surface area contributed by atoms with Gasteiger partial charge in [0.15, 0.2) is 0 Å². The molecule has 0 heterocycles. The third kappa shape index (κ3) is 11.6. The quantitative estimate of drug-likeness (QED) is 0.756. The first kappa shape index (κ1) is 16.4. The Balaban J connectivity index is 0.000000302. The van der Waals surface area contributed by atoms with Crippen LogP contribution in [0, 0.1) is 12.8 Å². The van der Waals surface area contributed by atoms with Crippen molar-refractivity contribution >= 4 is 11.8 Å². The van der Waals surface area contributed by atoms with Crippen molar-refractivity contribution < 1.29 is 5.11 Å². The first-order valence-electron chi connectivity index (χ1n) is 6.30. The third-order valence-electron chi connectivity index (χ3n) is 2.41. The maximum absolute atomic E-state index is 8.76. The summed E-state index contributed by atoms with van der Waals surface area (Å²) in [4.78, 5) is 0. The zero-order valence-electron chi connectivity index (χ0n) is 11.6. The highest BCUT2D eigenvalue weighted by Crippen LogP contribution is 2.08. The number of benzene rings is 1. The van der Waals surface area contributed by atoms with Crippen LogP contribution in [0.25, 0.3) is 0 Å². The minimum Gasteiger partial charge on any atom is -0.508 e. The molecule has 0 spiro atoms. The molecule has 17 heavy (non-hydrogen) atoms. The second kappa shape index (κ2) is 10.5. The lowest BCUT2D eigenvalue weighted by Crippen LogP contribution is -1.87. The van der Waals surface area contributed by atoms with Crippen molar-refractivity contribution in [2.75, 3.05) is 12.0 Å². The van der Waals surface area contributed by atoms with Gasteiger partial charge in [0.2, 0.25) is 0 Å². The SMILES string of the molecule is CSCCCCC(C)C.Cc1ccc(O)cc1. The second-order valence-electron chi connectivity index (χ2n) is 4.72. The highest BCUT2D eigenvalue weighted by molar-refractivity contribution is 7.98. The number of hydrogen-bond acceptors (Lipinski definition) is 2. The number of hydrogen-bond donors (Lipinski definition) is 1. The monoisotopic (exact) mass is 254 g/mol. The summed E-state index contributed by atoms with van der Waals surface area (Å²) < 4.78 is 0. The molecule has 0 amide bonds. The molecule has 0 aliphatic heterocycles. The zero-order chi connectivity index (χ0) is 13.1. The van der Waals surface area contributed by atoms with E-state index in [0.717, 1.165) is 5.92 Å². The van der Waals surface area contributed by atoms with Crippen LogP contribution in [0.3, 0.4) is 0 Å². The van der Waals surface area contributed by atoms with Crippen molar-refractivity contribution in [1.82, 2.24) is 0 Å². The average Bonchev–Trinajstić information content (AvgIpc) is 2.29. The van der Waals surface area contributed by atoms with E-state index in [2.05, 4.69) is 20.1 Å². The average molecular weight is 254 g/mol. The lowest BCUT2D eigenvalue weighted by atomic mass is 10.1. The Hall–Kier alpha value is -0.630. The molecule has 0 radical (unpaired) electrons. The Kier molecular flexibility index (Phi) is 10.1. The van der Waals surface area contributed by atoms with Gasteiger partial charge in [-0.25, -0.2) is 0 Å². The van der Waals surface area contributed by atoms with Gasteiger partial charge < -0.3 is 5.11 Å². The van der Waals surface area contributed by atoms with E-state index in [1.807, 2.05) is 30.8 Å². The van der Waals surface area contributed by atoms with Crippen molar-refractivity contribution in [3.63, 3.8) is 0 Å². The summed E-state index contributed by atoms with van der Waals surface area (Å²) in [5, 5.41) is 8.76. The summed E-state index contributed by atoms with van der Waals surface area (Å²) in [6.07, 6.45) is 6.40. The lowest BCUT2D eigenvalue weighted by Gasteiger charge is -2.01. The number of phenolic OH excluding ortho intramolecular Hbond substituents is 1. The van der Waals surface area contributed by atoms with Crippen LogP contribution >= 0.6 is 11.8 Å². The molecule has 1 N–H and O–H groups in total. The van der Waals surface area contributed by atoms with E-state index in [0.29, 0.717) is 5.75 Å². The van der Waals surface area contributed by atoms with E-state index in [4.69, 9.17) is 5.11 Å². The van der Waals surface area contributed by atoms with Crippen LogP contribution in [0.15, 0.2) is 24.3 Å². The molecule has 0 aliphatic carbocycles. The molecule has 1 aromatic carbocycles. The molecule has 98 valence electrons. The van der Waals surface area contributed by atoms with Crippen LogP contribution in [0.5, 0.6) is 5.75 Å². The van der Waals surface area contributed by atoms with Gasteiger partial charge in [-0.3, -0.25) is 0 Å². The summed E-state index contributed by atoms with van der Waals surface area (Å²) in [5.41, 5.74) is 1.17. The van der Waals surface area contributed by atoms with E-state index in [9.17, 15) is 0 Å². The molecule has 0 bridgehead atoms. The Morgan fingerprint density at radius 2 is 1.71 bits per heavy atom. The molecular weight excluding hydrogens is 228 g/mol. The maximum atomic E-state index is 8.76. The number of phenols is 1. The first-order valence-corrected chi connectivity index (χ1v) is 7.70. The van der Waals surface area contributed by atoms with Crippen molar-refractivity contribution in [1.29, 1.82) is 0 Å². The van der Waals surface area contributed by atoms with Gasteiger partial charge in [-0.2, -0.15) is 11.8 Å². The van der Waals surface area contributed by atoms with Gasteiger partial charge in [0.1, 0.15) is 5.75 Å². The van der Waals surface area contributed by atoms with Crippen molar-refractivity contribution in [3.8, 4) is 5.75 Å². The molecule has 1 nitrogen and oxygen atoms in total. The Bertz CT molecular complexity index is 246. The summed E-state index contributed by atoms with van der Waals surface area (Å²) in [5.74, 6) is 2.56. The highest BCUT2D eigenvalue weighted by atomic mass is 32.2. The predicted octanol–water partition coefficient (Wildman–Crippen LogP) is 4.88. The molecule has 0 unspecified atom stereocenters. The fraction of sp³-hybridized carbons (Fsp3) is 0.600. The normalized spacial score (nSPS) is 9.94. The lowest BCUT2D eigenvalue weighted by molar-refractivity contribution is 0.475. The topological polar surface area (TPSA) is 20.2 Å².